The van der Waals surface area contributed by atoms with E-state index in [1.54, 1.807) is 25.3 Å². The number of hydrogen-bond acceptors (Lipinski definition) is 9. The van der Waals surface area contributed by atoms with E-state index in [2.05, 4.69) is 20.6 Å². The number of rotatable bonds is 8. The largest absolute Gasteiger partial charge is 0.481 e. The van der Waals surface area contributed by atoms with E-state index < -0.39 is 15.8 Å². The summed E-state index contributed by atoms with van der Waals surface area (Å²) >= 11 is 0. The molecule has 170 valence electrons. The Morgan fingerprint density at radius 2 is 1.76 bits per heavy atom. The normalized spacial score (nSPS) is 11.3. The van der Waals surface area contributed by atoms with Crippen molar-refractivity contribution in [1.82, 2.24) is 30.0 Å². The number of esters is 1. The molecule has 0 spiro atoms. The molecule has 0 aliphatic carbocycles. The second-order valence-electron chi connectivity index (χ2n) is 6.90. The third kappa shape index (κ3) is 4.90. The Kier molecular flexibility index (Phi) is 6.18. The van der Waals surface area contributed by atoms with Crippen molar-refractivity contribution >= 4 is 15.8 Å². The van der Waals surface area contributed by atoms with E-state index in [1.165, 1.54) is 21.5 Å². The van der Waals surface area contributed by atoms with Crippen LogP contribution >= 0.6 is 0 Å². The van der Waals surface area contributed by atoms with E-state index in [9.17, 15) is 13.2 Å². The van der Waals surface area contributed by atoms with Crippen LogP contribution in [0.3, 0.4) is 0 Å². The van der Waals surface area contributed by atoms with E-state index >= 15 is 0 Å². The molecule has 2 heterocycles. The second-order valence-corrected chi connectivity index (χ2v) is 8.92. The SMILES string of the molecule is CCOC(=O)c1nn(-c2ccccc2)cc1OCc1nnnn1-c1ccc(S(C)(=O)=O)cc1. The van der Waals surface area contributed by atoms with Crippen molar-refractivity contribution in [1.29, 1.82) is 0 Å². The molecule has 12 heteroatoms. The summed E-state index contributed by atoms with van der Waals surface area (Å²) in [7, 11) is -3.32. The summed E-state index contributed by atoms with van der Waals surface area (Å²) in [5.74, 6) is -0.0678. The van der Waals surface area contributed by atoms with Crippen LogP contribution in [-0.2, 0) is 21.2 Å². The summed E-state index contributed by atoms with van der Waals surface area (Å²) in [6.07, 6.45) is 2.71. The number of aromatic nitrogens is 6. The first kappa shape index (κ1) is 22.1. The van der Waals surface area contributed by atoms with Gasteiger partial charge in [-0.25, -0.2) is 17.9 Å². The Labute approximate surface area is 189 Å². The number of carbonyl (C=O) groups excluding carboxylic acids is 1. The fourth-order valence-electron chi connectivity index (χ4n) is 2.99. The average Bonchev–Trinajstić information content (AvgIpc) is 3.45. The van der Waals surface area contributed by atoms with Crippen molar-refractivity contribution in [3.8, 4) is 17.1 Å². The van der Waals surface area contributed by atoms with Crippen molar-refractivity contribution in [3.05, 3.63) is 72.3 Å². The summed E-state index contributed by atoms with van der Waals surface area (Å²) in [5.41, 5.74) is 1.32. The lowest BCUT2D eigenvalue weighted by atomic mass is 10.3. The molecule has 0 aliphatic rings. The van der Waals surface area contributed by atoms with Gasteiger partial charge < -0.3 is 9.47 Å². The van der Waals surface area contributed by atoms with Crippen LogP contribution < -0.4 is 4.74 Å². The fraction of sp³-hybridized carbons (Fsp3) is 0.190. The molecule has 33 heavy (non-hydrogen) atoms. The lowest BCUT2D eigenvalue weighted by molar-refractivity contribution is 0.0513. The molecule has 0 radical (unpaired) electrons. The number of sulfone groups is 1. The van der Waals surface area contributed by atoms with Gasteiger partial charge >= 0.3 is 5.97 Å². The molecule has 0 saturated heterocycles. The van der Waals surface area contributed by atoms with Crippen LogP contribution in [0.15, 0.2) is 65.7 Å². The summed E-state index contributed by atoms with van der Waals surface area (Å²) in [5, 5.41) is 15.9. The smallest absolute Gasteiger partial charge is 0.362 e. The molecule has 0 amide bonds. The Morgan fingerprint density at radius 1 is 1.03 bits per heavy atom. The Bertz CT molecular complexity index is 1360. The summed E-state index contributed by atoms with van der Waals surface area (Å²) in [6.45, 7) is 1.82. The van der Waals surface area contributed by atoms with Gasteiger partial charge in [0, 0.05) is 6.26 Å². The van der Waals surface area contributed by atoms with Crippen LogP contribution in [0.5, 0.6) is 5.75 Å². The molecule has 0 atom stereocenters. The van der Waals surface area contributed by atoms with Gasteiger partial charge in [0.05, 0.1) is 29.1 Å². The Hall–Kier alpha value is -4.06. The lowest BCUT2D eigenvalue weighted by Gasteiger charge is -2.07. The zero-order valence-corrected chi connectivity index (χ0v) is 18.6. The molecular weight excluding hydrogens is 448 g/mol. The Morgan fingerprint density at radius 3 is 2.42 bits per heavy atom. The molecular formula is C21H20N6O5S. The standard InChI is InChI=1S/C21H20N6O5S/c1-3-31-21(28)20-18(13-26(23-20)15-7-5-4-6-8-15)32-14-19-22-24-25-27(19)16-9-11-17(12-10-16)33(2,29)30/h4-13H,3,14H2,1-2H3. The maximum absolute atomic E-state index is 12.4. The fourth-order valence-corrected chi connectivity index (χ4v) is 3.62. The van der Waals surface area contributed by atoms with Gasteiger partial charge in [-0.2, -0.15) is 9.78 Å². The molecule has 0 unspecified atom stereocenters. The molecule has 4 aromatic rings. The predicted octanol–water partition coefficient (Wildman–Crippen LogP) is 2.01. The van der Waals surface area contributed by atoms with Crippen LogP contribution in [0.2, 0.25) is 0 Å². The molecule has 0 saturated carbocycles. The van der Waals surface area contributed by atoms with Crippen molar-refractivity contribution in [2.75, 3.05) is 12.9 Å². The molecule has 4 rings (SSSR count). The minimum absolute atomic E-state index is 0.0252. The van der Waals surface area contributed by atoms with Gasteiger partial charge in [0.2, 0.25) is 5.69 Å². The molecule has 0 N–H and O–H groups in total. The van der Waals surface area contributed by atoms with Crippen molar-refractivity contribution in [2.45, 2.75) is 18.4 Å². The van der Waals surface area contributed by atoms with Crippen LogP contribution in [0.25, 0.3) is 11.4 Å². The van der Waals surface area contributed by atoms with Crippen molar-refractivity contribution < 1.29 is 22.7 Å². The highest BCUT2D eigenvalue weighted by Gasteiger charge is 2.21. The number of benzene rings is 2. The monoisotopic (exact) mass is 468 g/mol. The number of para-hydroxylation sites is 1. The Balaban J connectivity index is 1.59. The number of hydrogen-bond donors (Lipinski definition) is 0. The first-order valence-electron chi connectivity index (χ1n) is 9.89. The highest BCUT2D eigenvalue weighted by atomic mass is 32.2. The summed E-state index contributed by atoms with van der Waals surface area (Å²) in [4.78, 5) is 12.6. The van der Waals surface area contributed by atoms with Crippen molar-refractivity contribution in [2.24, 2.45) is 0 Å². The van der Waals surface area contributed by atoms with E-state index in [0.717, 1.165) is 11.9 Å². The van der Waals surface area contributed by atoms with E-state index in [1.807, 2.05) is 30.3 Å². The minimum Gasteiger partial charge on any atom is -0.481 e. The first-order valence-corrected chi connectivity index (χ1v) is 11.8. The van der Waals surface area contributed by atoms with Gasteiger partial charge in [-0.15, -0.1) is 5.10 Å². The van der Waals surface area contributed by atoms with E-state index in [0.29, 0.717) is 11.5 Å². The van der Waals surface area contributed by atoms with Crippen LogP contribution in [-0.4, -0.2) is 57.2 Å². The minimum atomic E-state index is -3.32. The second kappa shape index (κ2) is 9.20. The van der Waals surface area contributed by atoms with Crippen LogP contribution in [0.4, 0.5) is 0 Å². The molecule has 0 aliphatic heterocycles. The highest BCUT2D eigenvalue weighted by molar-refractivity contribution is 7.90. The summed E-state index contributed by atoms with van der Waals surface area (Å²) < 4.78 is 37.2. The zero-order chi connectivity index (χ0) is 23.4. The molecule has 11 nitrogen and oxygen atoms in total. The van der Waals surface area contributed by atoms with E-state index in [-0.39, 0.29) is 29.6 Å². The highest BCUT2D eigenvalue weighted by Crippen LogP contribution is 2.22. The molecule has 2 aromatic carbocycles. The van der Waals surface area contributed by atoms with Gasteiger partial charge in [0.1, 0.15) is 0 Å². The van der Waals surface area contributed by atoms with Gasteiger partial charge in [-0.1, -0.05) is 18.2 Å². The van der Waals surface area contributed by atoms with Crippen molar-refractivity contribution in [3.63, 3.8) is 0 Å². The number of carbonyl (C=O) groups is 1. The molecule has 2 aromatic heterocycles. The number of ether oxygens (including phenoxy) is 2. The van der Waals surface area contributed by atoms with Crippen LogP contribution in [0, 0.1) is 0 Å². The zero-order valence-electron chi connectivity index (χ0n) is 17.8. The quantitative estimate of drug-likeness (QED) is 0.356. The first-order chi connectivity index (χ1) is 15.9. The maximum atomic E-state index is 12.4. The van der Waals surface area contributed by atoms with E-state index in [4.69, 9.17) is 9.47 Å². The third-order valence-electron chi connectivity index (χ3n) is 4.57. The average molecular weight is 468 g/mol. The van der Waals surface area contributed by atoms with Gasteiger partial charge in [-0.05, 0) is 53.7 Å². The lowest BCUT2D eigenvalue weighted by Crippen LogP contribution is -2.10. The topological polar surface area (TPSA) is 131 Å². The number of nitrogens with zero attached hydrogens (tertiary/aromatic N) is 6. The molecule has 0 bridgehead atoms. The van der Waals surface area contributed by atoms with Gasteiger partial charge in [-0.3, -0.25) is 0 Å². The van der Waals surface area contributed by atoms with Gasteiger partial charge in [0.25, 0.3) is 0 Å². The third-order valence-corrected chi connectivity index (χ3v) is 5.70. The van der Waals surface area contributed by atoms with Crippen LogP contribution in [0.1, 0.15) is 23.2 Å². The summed E-state index contributed by atoms with van der Waals surface area (Å²) in [6, 6.07) is 15.4. The predicted molar refractivity (Wildman–Crippen MR) is 116 cm³/mol. The van der Waals surface area contributed by atoms with Gasteiger partial charge in [0.15, 0.2) is 28.0 Å². The maximum Gasteiger partial charge on any atom is 0.362 e. The molecule has 0 fully saturated rings. The number of tetrazole rings is 1.